The normalized spacial score (nSPS) is 19.0. The van der Waals surface area contributed by atoms with E-state index in [1.54, 1.807) is 10.6 Å². The van der Waals surface area contributed by atoms with Crippen LogP contribution in [0.3, 0.4) is 0 Å². The zero-order valence-corrected chi connectivity index (χ0v) is 18.9. The zero-order valence-electron chi connectivity index (χ0n) is 18.1. The Kier molecular flexibility index (Phi) is 6.43. The maximum absolute atomic E-state index is 13.3. The zero-order chi connectivity index (χ0) is 22.0. The second kappa shape index (κ2) is 9.24. The number of amides is 1. The van der Waals surface area contributed by atoms with Crippen molar-refractivity contribution in [3.05, 3.63) is 64.4 Å². The number of aryl methyl sites for hydroxylation is 1. The maximum Gasteiger partial charge on any atom is 0.266 e. The molecular weight excluding hydrogens is 410 g/mol. The highest BCUT2D eigenvalue weighted by Crippen LogP contribution is 2.23. The molecule has 1 saturated heterocycles. The van der Waals surface area contributed by atoms with Crippen molar-refractivity contribution in [2.75, 3.05) is 18.8 Å². The lowest BCUT2D eigenvalue weighted by molar-refractivity contribution is -0.140. The van der Waals surface area contributed by atoms with Crippen molar-refractivity contribution in [3.8, 4) is 5.69 Å². The van der Waals surface area contributed by atoms with Gasteiger partial charge in [-0.15, -0.1) is 0 Å². The fraction of sp³-hybridized carbons (Fsp3) is 0.375. The molecule has 0 radical (unpaired) electrons. The molecule has 7 heteroatoms. The molecule has 162 valence electrons. The maximum atomic E-state index is 13.3. The molecule has 0 saturated carbocycles. The average molecular weight is 438 g/mol. The quantitative estimate of drug-likeness (QED) is 0.450. The van der Waals surface area contributed by atoms with Gasteiger partial charge in [-0.25, -0.2) is 4.98 Å². The van der Waals surface area contributed by atoms with Gasteiger partial charge in [0.1, 0.15) is 0 Å². The van der Waals surface area contributed by atoms with Crippen molar-refractivity contribution < 1.29 is 9.53 Å². The Bertz CT molecular complexity index is 1130. The molecule has 0 aliphatic carbocycles. The first kappa shape index (κ1) is 21.6. The number of morpholine rings is 1. The summed E-state index contributed by atoms with van der Waals surface area (Å²) in [6.07, 6.45) is 0.969. The molecule has 2 unspecified atom stereocenters. The summed E-state index contributed by atoms with van der Waals surface area (Å²) in [5.74, 6) is 0.249. The Morgan fingerprint density at radius 2 is 1.77 bits per heavy atom. The van der Waals surface area contributed by atoms with Crippen molar-refractivity contribution >= 4 is 28.6 Å². The van der Waals surface area contributed by atoms with E-state index >= 15 is 0 Å². The van der Waals surface area contributed by atoms with Crippen LogP contribution in [0.15, 0.2) is 58.5 Å². The number of benzene rings is 2. The number of rotatable bonds is 5. The van der Waals surface area contributed by atoms with Crippen molar-refractivity contribution in [2.45, 2.75) is 44.6 Å². The van der Waals surface area contributed by atoms with Crippen LogP contribution < -0.4 is 5.56 Å². The third kappa shape index (κ3) is 4.67. The van der Waals surface area contributed by atoms with E-state index in [4.69, 9.17) is 9.72 Å². The average Bonchev–Trinajstić information content (AvgIpc) is 2.77. The number of para-hydroxylation sites is 1. The minimum absolute atomic E-state index is 0.0201. The fourth-order valence-electron chi connectivity index (χ4n) is 3.92. The molecule has 1 aromatic heterocycles. The molecule has 1 aliphatic rings. The second-order valence-electron chi connectivity index (χ2n) is 7.92. The van der Waals surface area contributed by atoms with Crippen LogP contribution in [0.4, 0.5) is 0 Å². The number of hydrogen-bond acceptors (Lipinski definition) is 5. The van der Waals surface area contributed by atoms with E-state index in [-0.39, 0.29) is 29.4 Å². The monoisotopic (exact) mass is 437 g/mol. The standard InChI is InChI=1S/C24H27N3O3S/c1-4-18-9-11-19(12-10-18)27-23(29)20-7-5-6-8-21(20)25-24(27)31-15-22(28)26-13-16(2)30-17(3)14-26/h5-12,16-17H,4,13-15H2,1-3H3. The number of thioether (sulfide) groups is 1. The molecule has 1 amide bonds. The van der Waals surface area contributed by atoms with Gasteiger partial charge < -0.3 is 9.64 Å². The molecular formula is C24H27N3O3S. The Hall–Kier alpha value is -2.64. The topological polar surface area (TPSA) is 64.4 Å². The van der Waals surface area contributed by atoms with Gasteiger partial charge in [0.15, 0.2) is 5.16 Å². The Morgan fingerprint density at radius 1 is 1.10 bits per heavy atom. The fourth-order valence-corrected chi connectivity index (χ4v) is 4.83. The van der Waals surface area contributed by atoms with Crippen LogP contribution in [0.2, 0.25) is 0 Å². The van der Waals surface area contributed by atoms with Gasteiger partial charge in [0, 0.05) is 13.1 Å². The summed E-state index contributed by atoms with van der Waals surface area (Å²) in [5.41, 5.74) is 2.46. The lowest BCUT2D eigenvalue weighted by Crippen LogP contribution is -2.48. The lowest BCUT2D eigenvalue weighted by Gasteiger charge is -2.35. The second-order valence-corrected chi connectivity index (χ2v) is 8.86. The van der Waals surface area contributed by atoms with Crippen LogP contribution in [0, 0.1) is 0 Å². The van der Waals surface area contributed by atoms with Crippen molar-refractivity contribution in [1.82, 2.24) is 14.5 Å². The van der Waals surface area contributed by atoms with Crippen molar-refractivity contribution in [3.63, 3.8) is 0 Å². The molecule has 31 heavy (non-hydrogen) atoms. The van der Waals surface area contributed by atoms with Crippen molar-refractivity contribution in [2.24, 2.45) is 0 Å². The molecule has 0 spiro atoms. The molecule has 2 aromatic carbocycles. The van der Waals surface area contributed by atoms with Gasteiger partial charge in [-0.05, 0) is 50.1 Å². The predicted molar refractivity (Wildman–Crippen MR) is 124 cm³/mol. The van der Waals surface area contributed by atoms with Gasteiger partial charge in [0.2, 0.25) is 5.91 Å². The summed E-state index contributed by atoms with van der Waals surface area (Å²) in [6, 6.07) is 15.2. The van der Waals surface area contributed by atoms with E-state index in [0.29, 0.717) is 29.1 Å². The molecule has 3 aromatic rings. The predicted octanol–water partition coefficient (Wildman–Crippen LogP) is 3.68. The van der Waals surface area contributed by atoms with Crippen LogP contribution in [0.5, 0.6) is 0 Å². The molecule has 1 aliphatic heterocycles. The molecule has 4 rings (SSSR count). The number of fused-ring (bicyclic) bond motifs is 1. The number of ether oxygens (including phenoxy) is 1. The summed E-state index contributed by atoms with van der Waals surface area (Å²) in [7, 11) is 0. The Balaban J connectivity index is 1.67. The Morgan fingerprint density at radius 3 is 2.45 bits per heavy atom. The molecule has 0 N–H and O–H groups in total. The first-order valence-corrected chi connectivity index (χ1v) is 11.6. The number of aromatic nitrogens is 2. The van der Waals surface area contributed by atoms with E-state index in [1.807, 2.05) is 61.2 Å². The minimum atomic E-state index is -0.126. The summed E-state index contributed by atoms with van der Waals surface area (Å²) >= 11 is 1.30. The SMILES string of the molecule is CCc1ccc(-n2c(SCC(=O)N3CC(C)OC(C)C3)nc3ccccc3c2=O)cc1. The highest BCUT2D eigenvalue weighted by molar-refractivity contribution is 7.99. The summed E-state index contributed by atoms with van der Waals surface area (Å²) in [4.78, 5) is 32.8. The number of nitrogens with zero attached hydrogens (tertiary/aromatic N) is 3. The van der Waals surface area contributed by atoms with Crippen LogP contribution in [0.25, 0.3) is 16.6 Å². The largest absolute Gasteiger partial charge is 0.372 e. The highest BCUT2D eigenvalue weighted by Gasteiger charge is 2.26. The van der Waals surface area contributed by atoms with Gasteiger partial charge in [0.25, 0.3) is 5.56 Å². The van der Waals surface area contributed by atoms with E-state index in [0.717, 1.165) is 12.1 Å². The van der Waals surface area contributed by atoms with E-state index in [9.17, 15) is 9.59 Å². The van der Waals surface area contributed by atoms with E-state index in [2.05, 4.69) is 6.92 Å². The summed E-state index contributed by atoms with van der Waals surface area (Å²) in [5, 5.41) is 1.09. The van der Waals surface area contributed by atoms with E-state index in [1.165, 1.54) is 17.3 Å². The first-order valence-electron chi connectivity index (χ1n) is 10.6. The minimum Gasteiger partial charge on any atom is -0.372 e. The van der Waals surface area contributed by atoms with Gasteiger partial charge in [-0.3, -0.25) is 14.2 Å². The molecule has 1 fully saturated rings. The molecule has 6 nitrogen and oxygen atoms in total. The van der Waals surface area contributed by atoms with Gasteiger partial charge in [0.05, 0.1) is 34.6 Å². The Labute approximate surface area is 186 Å². The van der Waals surface area contributed by atoms with Gasteiger partial charge >= 0.3 is 0 Å². The van der Waals surface area contributed by atoms with Gasteiger partial charge in [-0.1, -0.05) is 43.0 Å². The lowest BCUT2D eigenvalue weighted by atomic mass is 10.1. The third-order valence-electron chi connectivity index (χ3n) is 5.44. The smallest absolute Gasteiger partial charge is 0.266 e. The summed E-state index contributed by atoms with van der Waals surface area (Å²) < 4.78 is 7.35. The van der Waals surface area contributed by atoms with Crippen LogP contribution in [-0.2, 0) is 16.0 Å². The number of carbonyl (C=O) groups excluding carboxylic acids is 1. The highest BCUT2D eigenvalue weighted by atomic mass is 32.2. The van der Waals surface area contributed by atoms with Crippen LogP contribution in [0.1, 0.15) is 26.3 Å². The number of hydrogen-bond donors (Lipinski definition) is 0. The van der Waals surface area contributed by atoms with Gasteiger partial charge in [-0.2, -0.15) is 0 Å². The molecule has 2 atom stereocenters. The number of carbonyl (C=O) groups is 1. The first-order chi connectivity index (χ1) is 15.0. The molecule has 2 heterocycles. The van der Waals surface area contributed by atoms with Crippen LogP contribution in [-0.4, -0.2) is 51.4 Å². The van der Waals surface area contributed by atoms with Crippen LogP contribution >= 0.6 is 11.8 Å². The van der Waals surface area contributed by atoms with Crippen molar-refractivity contribution in [1.29, 1.82) is 0 Å². The molecule has 0 bridgehead atoms. The van der Waals surface area contributed by atoms with E-state index < -0.39 is 0 Å². The summed E-state index contributed by atoms with van der Waals surface area (Å²) in [6.45, 7) is 7.22. The third-order valence-corrected chi connectivity index (χ3v) is 6.37.